The fourth-order valence-electron chi connectivity index (χ4n) is 22.3. The molecule has 6 saturated heterocycles. The van der Waals surface area contributed by atoms with Crippen molar-refractivity contribution in [2.45, 2.75) is 212 Å². The highest BCUT2D eigenvalue weighted by Gasteiger charge is 2.44. The summed E-state index contributed by atoms with van der Waals surface area (Å²) < 4.78 is 77.1. The van der Waals surface area contributed by atoms with Crippen molar-refractivity contribution in [3.8, 4) is 40.2 Å². The Bertz CT molecular complexity index is 6500. The first-order valence-electron chi connectivity index (χ1n) is 50.0. The van der Waals surface area contributed by atoms with E-state index in [-0.39, 0.29) is 59.2 Å². The summed E-state index contributed by atoms with van der Waals surface area (Å²) in [5.74, 6) is 6.05. The number of aromatic nitrogens is 4. The van der Waals surface area contributed by atoms with E-state index >= 15 is 0 Å². The first kappa shape index (κ1) is 99.5. The Morgan fingerprint density at radius 2 is 0.707 bits per heavy atom. The Labute approximate surface area is 831 Å². The summed E-state index contributed by atoms with van der Waals surface area (Å²) in [5, 5.41) is 5.38. The van der Waals surface area contributed by atoms with E-state index in [1.165, 1.54) is 61.0 Å². The first-order valence-corrected chi connectivity index (χ1v) is 50.8. The van der Waals surface area contributed by atoms with Gasteiger partial charge in [0, 0.05) is 168 Å². The van der Waals surface area contributed by atoms with Crippen molar-refractivity contribution in [3.63, 3.8) is 0 Å². The second-order valence-corrected chi connectivity index (χ2v) is 39.6. The molecule has 0 spiro atoms. The van der Waals surface area contributed by atoms with Gasteiger partial charge in [-0.15, -0.1) is 0 Å². The Kier molecular flexibility index (Phi) is 33.4. The molecular weight excluding hydrogens is 1800 g/mol. The number of rotatable bonds is 35. The molecule has 6 fully saturated rings. The number of piperidine rings is 4. The van der Waals surface area contributed by atoms with Gasteiger partial charge in [0.2, 0.25) is 0 Å². The number of ether oxygens (including phenoxy) is 7. The zero-order valence-corrected chi connectivity index (χ0v) is 83.0. The molecule has 0 amide bonds. The molecule has 6 aliphatic heterocycles. The summed E-state index contributed by atoms with van der Waals surface area (Å²) in [6, 6.07) is 73.9. The predicted molar refractivity (Wildman–Crippen MR) is 554 cm³/mol. The summed E-state index contributed by atoms with van der Waals surface area (Å²) in [7, 11) is 5.05. The molecule has 0 aliphatic carbocycles. The number of para-hydroxylation sites is 4. The molecule has 4 bridgehead atoms. The molecule has 7 unspecified atom stereocenters. The number of hydrogen-bond donors (Lipinski definition) is 0. The van der Waals surface area contributed by atoms with Crippen LogP contribution in [0.1, 0.15) is 175 Å². The zero-order valence-electron chi connectivity index (χ0n) is 81.5. The third-order valence-corrected chi connectivity index (χ3v) is 29.3. The number of ketones is 4. The van der Waals surface area contributed by atoms with Crippen LogP contribution in [0.4, 0.5) is 8.78 Å². The highest BCUT2D eigenvalue weighted by molar-refractivity contribution is 6.31. The summed E-state index contributed by atoms with van der Waals surface area (Å²) in [4.78, 5) is 61.3. The summed E-state index contributed by atoms with van der Waals surface area (Å²) >= 11 is 12.0. The molecule has 23 heteroatoms. The number of nitrogens with zero attached hydrogens (tertiary/aromatic N) is 8. The minimum absolute atomic E-state index is 0.0749. The molecule has 10 heterocycles. The van der Waals surface area contributed by atoms with E-state index in [4.69, 9.17) is 56.4 Å². The van der Waals surface area contributed by atoms with Crippen molar-refractivity contribution in [1.82, 2.24) is 37.9 Å². The molecule has 0 radical (unpaired) electrons. The number of fused-ring (bicyclic) bond motifs is 8. The van der Waals surface area contributed by atoms with Gasteiger partial charge in [0.25, 0.3) is 0 Å². The summed E-state index contributed by atoms with van der Waals surface area (Å²) in [6.07, 6.45) is 25.9. The van der Waals surface area contributed by atoms with Gasteiger partial charge in [0.15, 0.2) is 23.1 Å². The van der Waals surface area contributed by atoms with E-state index in [1.54, 1.807) is 59.4 Å². The lowest BCUT2D eigenvalue weighted by atomic mass is 9.97. The van der Waals surface area contributed by atoms with Crippen LogP contribution < -0.4 is 33.2 Å². The lowest BCUT2D eigenvalue weighted by Crippen LogP contribution is -2.48. The van der Waals surface area contributed by atoms with Crippen molar-refractivity contribution >= 4 is 89.9 Å². The van der Waals surface area contributed by atoms with E-state index in [2.05, 4.69) is 63.8 Å². The van der Waals surface area contributed by atoms with Crippen LogP contribution in [0, 0.1) is 24.5 Å². The standard InChI is InChI=1S/C33H35FN2O3.C31H33ClN2O3.C28H33FN2O3.C25H29ClN2O2/c1-38-32-10-5-9-29-30(31(37)19-23-7-3-2-4-8-23)22-35(33(29)32)17-6-18-36-25-13-14-26(36)21-28(20-25)39-27-15-11-24(34)12-16-27;1-36-30-12-5-11-27-28(29(35)20-23-8-3-2-4-9-23)22-34(31(27)30)19-7-18-33-17-6-10-26(21-33)37-25-15-13-24(32)14-16-25;1-18(15-30-17-26(19(2)32)25-5-4-6-27(33-3)28(25)30)16-31-21-9-10-22(31)14-24(13-21)34-23-11-7-20(29)8-12-23;1-18-6-3-8-23-24(19(2)29)17-28(25(18)23)15-5-14-27-13-4-7-22(16-27)30-21-11-9-20(26)10-12-21/h2-5,7-12,15-16,22,25-26,28H,6,13-14,17-21H2,1H3;2-5,8-9,11-16,22,26H,6-7,10,17-21H2,1H3;4-8,11-12,17-18,21-22,24H,9-10,13-16H2,1-3H3;3,6,8-12,17,22H,4-5,7,13-16H2,1-2H3. The smallest absolute Gasteiger partial charge is 0.169 e. The van der Waals surface area contributed by atoms with Crippen LogP contribution in [0.2, 0.25) is 10.0 Å². The number of halogens is 4. The number of carbonyl (C=O) groups is 4. The molecule has 19 nitrogen and oxygen atoms in total. The van der Waals surface area contributed by atoms with Gasteiger partial charge in [-0.25, -0.2) is 8.78 Å². The first-order chi connectivity index (χ1) is 68.1. The molecule has 6 aliphatic rings. The number of hydrogen-bond acceptors (Lipinski definition) is 15. The van der Waals surface area contributed by atoms with Crippen LogP contribution in [0.25, 0.3) is 43.6 Å². The lowest BCUT2D eigenvalue weighted by molar-refractivity contribution is 0.0396. The molecule has 7 atom stereocenters. The minimum Gasteiger partial charge on any atom is -0.495 e. The summed E-state index contributed by atoms with van der Waals surface area (Å²) in [5.41, 5.74) is 10.5. The van der Waals surface area contributed by atoms with Crippen LogP contribution >= 0.6 is 23.2 Å². The van der Waals surface area contributed by atoms with Gasteiger partial charge >= 0.3 is 0 Å². The summed E-state index contributed by atoms with van der Waals surface area (Å²) in [6.45, 7) is 19.1. The van der Waals surface area contributed by atoms with Crippen molar-refractivity contribution < 1.29 is 61.1 Å². The highest BCUT2D eigenvalue weighted by atomic mass is 35.5. The average Bonchev–Trinajstić information content (AvgIpc) is 1.73. The molecule has 140 heavy (non-hydrogen) atoms. The fourth-order valence-corrected chi connectivity index (χ4v) is 22.6. The van der Waals surface area contributed by atoms with Crippen LogP contribution in [0.5, 0.6) is 40.2 Å². The Balaban J connectivity index is 0.000000129. The van der Waals surface area contributed by atoms with E-state index in [0.717, 1.165) is 271 Å². The monoisotopic (exact) mass is 1930 g/mol. The Morgan fingerprint density at radius 1 is 0.364 bits per heavy atom. The Hall–Kier alpha value is -12.1. The molecule has 14 aromatic rings. The lowest BCUT2D eigenvalue weighted by Gasteiger charge is -2.40. The largest absolute Gasteiger partial charge is 0.495 e. The Morgan fingerprint density at radius 3 is 1.11 bits per heavy atom. The normalized spacial score (nSPS) is 19.4. The van der Waals surface area contributed by atoms with Crippen LogP contribution in [0.3, 0.4) is 0 Å². The second kappa shape index (κ2) is 47.0. The second-order valence-electron chi connectivity index (χ2n) is 38.7. The van der Waals surface area contributed by atoms with Crippen molar-refractivity contribution in [2.24, 2.45) is 5.92 Å². The minimum atomic E-state index is -0.238. The maximum Gasteiger partial charge on any atom is 0.169 e. The van der Waals surface area contributed by atoms with Crippen LogP contribution in [-0.4, -0.2) is 183 Å². The van der Waals surface area contributed by atoms with Crippen molar-refractivity contribution in [1.29, 1.82) is 0 Å². The topological polar surface area (TPSA) is 166 Å². The molecule has 20 rings (SSSR count). The highest BCUT2D eigenvalue weighted by Crippen LogP contribution is 2.43. The molecule has 4 aromatic heterocycles. The van der Waals surface area contributed by atoms with Crippen LogP contribution in [-0.2, 0) is 39.0 Å². The third kappa shape index (κ3) is 24.7. The molecular formula is C117H130Cl2F2N8O11. The third-order valence-electron chi connectivity index (χ3n) is 28.8. The predicted octanol–water partition coefficient (Wildman–Crippen LogP) is 24.8. The van der Waals surface area contributed by atoms with Crippen molar-refractivity contribution in [3.05, 3.63) is 316 Å². The van der Waals surface area contributed by atoms with E-state index < -0.39 is 0 Å². The average molecular weight is 1930 g/mol. The number of likely N-dealkylation sites (tertiary alicyclic amines) is 2. The number of Topliss-reactive ketones (excluding diaryl/α,β-unsaturated/α-hetero) is 4. The van der Waals surface area contributed by atoms with Crippen molar-refractivity contribution in [2.75, 3.05) is 73.7 Å². The van der Waals surface area contributed by atoms with E-state index in [9.17, 15) is 28.0 Å². The number of methoxy groups -OCH3 is 3. The van der Waals surface area contributed by atoms with E-state index in [1.807, 2.05) is 195 Å². The van der Waals surface area contributed by atoms with Gasteiger partial charge in [-0.2, -0.15) is 0 Å². The number of aryl methyl sites for hydroxylation is 4. The SMILES string of the molecule is CC(=O)c1cn(CCCN2CCCC(Oc3ccc(Cl)cc3)C2)c2c(C)cccc12.COc1cccc2c(C(=O)Cc3ccccc3)cn(CCCN3C4CCC3CC(Oc3ccc(F)cc3)C4)c12.COc1cccc2c(C(=O)Cc3ccccc3)cn(CCCN3CCCC(Oc4ccc(Cl)cc4)C3)c12.COc1cccc2c(C(C)=O)cn(CC(C)CN3C4CCC3CC(Oc3ccc(F)cc3)C4)c12. The maximum atomic E-state index is 13.3. The number of benzene rings is 10. The van der Waals surface area contributed by atoms with Gasteiger partial charge in [-0.1, -0.05) is 145 Å². The van der Waals surface area contributed by atoms with Gasteiger partial charge in [0.1, 0.15) is 76.3 Å². The van der Waals surface area contributed by atoms with Crippen LogP contribution in [0.15, 0.2) is 255 Å². The molecule has 732 valence electrons. The van der Waals surface area contributed by atoms with Gasteiger partial charge in [0.05, 0.1) is 43.4 Å². The van der Waals surface area contributed by atoms with Gasteiger partial charge in [-0.05, 0) is 281 Å². The number of carbonyl (C=O) groups excluding carboxylic acids is 4. The molecule has 0 N–H and O–H groups in total. The molecule has 10 aromatic carbocycles. The van der Waals surface area contributed by atoms with E-state index in [0.29, 0.717) is 42.9 Å². The van der Waals surface area contributed by atoms with Gasteiger partial charge < -0.3 is 51.4 Å². The fraction of sp³-hybridized carbons (Fsp3) is 0.385. The zero-order chi connectivity index (χ0) is 97.3. The quantitative estimate of drug-likeness (QED) is 0.0344. The van der Waals surface area contributed by atoms with Gasteiger partial charge in [-0.3, -0.25) is 38.8 Å². The maximum absolute atomic E-state index is 13.3. The molecule has 0 saturated carbocycles.